The highest BCUT2D eigenvalue weighted by atomic mass is 35.5. The monoisotopic (exact) mass is 321 g/mol. The van der Waals surface area contributed by atoms with Gasteiger partial charge in [-0.3, -0.25) is 4.79 Å². The zero-order valence-corrected chi connectivity index (χ0v) is 13.4. The van der Waals surface area contributed by atoms with Crippen molar-refractivity contribution >= 4 is 39.9 Å². The van der Waals surface area contributed by atoms with Crippen molar-refractivity contribution in [2.45, 2.75) is 18.3 Å². The molecule has 2 aromatic rings. The molecule has 110 valence electrons. The van der Waals surface area contributed by atoms with Gasteiger partial charge < -0.3 is 4.90 Å². The molecule has 21 heavy (non-hydrogen) atoms. The summed E-state index contributed by atoms with van der Waals surface area (Å²) in [6.07, 6.45) is 0. The molecule has 0 aliphatic carbocycles. The first kappa shape index (κ1) is 14.7. The van der Waals surface area contributed by atoms with Crippen LogP contribution in [0.25, 0.3) is 10.8 Å². The molecule has 1 heterocycles. The Morgan fingerprint density at radius 2 is 1.95 bits per heavy atom. The predicted molar refractivity (Wildman–Crippen MR) is 87.8 cm³/mol. The molecular formula is C17H17Cl2NO. The third-order valence-electron chi connectivity index (χ3n) is 4.29. The summed E-state index contributed by atoms with van der Waals surface area (Å²) in [5.74, 6) is 0.372. The van der Waals surface area contributed by atoms with E-state index in [0.717, 1.165) is 5.56 Å². The van der Waals surface area contributed by atoms with E-state index in [4.69, 9.17) is 23.2 Å². The number of halogens is 2. The van der Waals surface area contributed by atoms with Gasteiger partial charge in [-0.2, -0.15) is 0 Å². The van der Waals surface area contributed by atoms with Crippen LogP contribution in [0.4, 0.5) is 0 Å². The molecule has 0 N–H and O–H groups in total. The summed E-state index contributed by atoms with van der Waals surface area (Å²) in [6, 6.07) is 14.5. The lowest BCUT2D eigenvalue weighted by Gasteiger charge is -2.19. The van der Waals surface area contributed by atoms with Crippen molar-refractivity contribution in [2.75, 3.05) is 12.4 Å². The van der Waals surface area contributed by atoms with Crippen LogP contribution in [0.3, 0.4) is 0 Å². The van der Waals surface area contributed by atoms with Gasteiger partial charge in [-0.05, 0) is 29.3 Å². The van der Waals surface area contributed by atoms with E-state index in [2.05, 4.69) is 30.3 Å². The molecule has 0 saturated carbocycles. The highest BCUT2D eigenvalue weighted by Crippen LogP contribution is 2.36. The van der Waals surface area contributed by atoms with Crippen LogP contribution in [-0.2, 0) is 11.3 Å². The Bertz CT molecular complexity index is 683. The SMILES string of the molecule is C[C@@]1(Cl)C(=O)N(Cc2ccc3ccccc3c2)C[C@H]1CCl. The molecule has 0 unspecified atom stereocenters. The van der Waals surface area contributed by atoms with E-state index >= 15 is 0 Å². The Hall–Kier alpha value is -1.25. The second kappa shape index (κ2) is 5.51. The molecule has 1 aliphatic rings. The predicted octanol–water partition coefficient (Wildman–Crippen LogP) is 4.03. The fourth-order valence-electron chi connectivity index (χ4n) is 2.89. The lowest BCUT2D eigenvalue weighted by atomic mass is 9.99. The second-order valence-electron chi connectivity index (χ2n) is 5.79. The van der Waals surface area contributed by atoms with Crippen LogP contribution in [0.1, 0.15) is 12.5 Å². The van der Waals surface area contributed by atoms with Gasteiger partial charge in [0.05, 0.1) is 0 Å². The molecule has 1 amide bonds. The van der Waals surface area contributed by atoms with Crippen LogP contribution in [0.5, 0.6) is 0 Å². The molecule has 2 aromatic carbocycles. The first-order chi connectivity index (χ1) is 10.0. The van der Waals surface area contributed by atoms with Gasteiger partial charge in [0.2, 0.25) is 5.91 Å². The van der Waals surface area contributed by atoms with E-state index in [1.165, 1.54) is 10.8 Å². The topological polar surface area (TPSA) is 20.3 Å². The molecule has 1 fully saturated rings. The number of rotatable bonds is 3. The van der Waals surface area contributed by atoms with Gasteiger partial charge in [-0.1, -0.05) is 36.4 Å². The lowest BCUT2D eigenvalue weighted by Crippen LogP contribution is -2.35. The van der Waals surface area contributed by atoms with Crippen LogP contribution >= 0.6 is 23.2 Å². The average molecular weight is 322 g/mol. The van der Waals surface area contributed by atoms with Crippen molar-refractivity contribution in [1.82, 2.24) is 4.90 Å². The molecule has 0 aromatic heterocycles. The van der Waals surface area contributed by atoms with E-state index in [-0.39, 0.29) is 11.8 Å². The molecule has 4 heteroatoms. The minimum absolute atomic E-state index is 0.00575. The summed E-state index contributed by atoms with van der Waals surface area (Å²) in [5, 5.41) is 2.39. The van der Waals surface area contributed by atoms with E-state index in [0.29, 0.717) is 19.0 Å². The number of nitrogens with zero attached hydrogens (tertiary/aromatic N) is 1. The Balaban J connectivity index is 1.84. The van der Waals surface area contributed by atoms with Gasteiger partial charge in [-0.15, -0.1) is 23.2 Å². The zero-order valence-electron chi connectivity index (χ0n) is 11.9. The summed E-state index contributed by atoms with van der Waals surface area (Å²) < 4.78 is 0. The standard InChI is InChI=1S/C17H17Cl2NO/c1-17(19)15(9-18)11-20(16(17)21)10-12-6-7-13-4-2-3-5-14(13)8-12/h2-8,15H,9-11H2,1H3/t15-,17+/m1/s1. The zero-order chi connectivity index (χ0) is 15.0. The van der Waals surface area contributed by atoms with Gasteiger partial charge in [0, 0.05) is 24.9 Å². The fourth-order valence-corrected chi connectivity index (χ4v) is 3.64. The highest BCUT2D eigenvalue weighted by molar-refractivity contribution is 6.36. The number of hydrogen-bond acceptors (Lipinski definition) is 1. The summed E-state index contributed by atoms with van der Waals surface area (Å²) in [7, 11) is 0. The van der Waals surface area contributed by atoms with Crippen LogP contribution in [-0.4, -0.2) is 28.1 Å². The Labute approximate surface area is 134 Å². The maximum Gasteiger partial charge on any atom is 0.244 e. The fraction of sp³-hybridized carbons (Fsp3) is 0.353. The van der Waals surface area contributed by atoms with Gasteiger partial charge in [-0.25, -0.2) is 0 Å². The first-order valence-electron chi connectivity index (χ1n) is 7.04. The summed E-state index contributed by atoms with van der Waals surface area (Å²) >= 11 is 12.3. The smallest absolute Gasteiger partial charge is 0.244 e. The van der Waals surface area contributed by atoms with E-state index in [9.17, 15) is 4.79 Å². The molecule has 1 aliphatic heterocycles. The number of fused-ring (bicyclic) bond motifs is 1. The van der Waals surface area contributed by atoms with Gasteiger partial charge in [0.1, 0.15) is 4.87 Å². The average Bonchev–Trinajstić information content (AvgIpc) is 2.70. The van der Waals surface area contributed by atoms with Crippen molar-refractivity contribution in [3.63, 3.8) is 0 Å². The number of likely N-dealkylation sites (tertiary alicyclic amines) is 1. The molecule has 0 spiro atoms. The van der Waals surface area contributed by atoms with Crippen molar-refractivity contribution in [1.29, 1.82) is 0 Å². The number of carbonyl (C=O) groups excluding carboxylic acids is 1. The Morgan fingerprint density at radius 3 is 2.62 bits per heavy atom. The number of benzene rings is 2. The van der Waals surface area contributed by atoms with Crippen LogP contribution in [0, 0.1) is 5.92 Å². The third-order valence-corrected chi connectivity index (χ3v) is 5.13. The number of carbonyl (C=O) groups is 1. The summed E-state index contributed by atoms with van der Waals surface area (Å²) in [5.41, 5.74) is 1.12. The summed E-state index contributed by atoms with van der Waals surface area (Å²) in [4.78, 5) is 13.3. The third kappa shape index (κ3) is 2.63. The van der Waals surface area contributed by atoms with Crippen LogP contribution in [0.2, 0.25) is 0 Å². The van der Waals surface area contributed by atoms with Crippen molar-refractivity contribution in [3.8, 4) is 0 Å². The van der Waals surface area contributed by atoms with Crippen molar-refractivity contribution < 1.29 is 4.79 Å². The quantitative estimate of drug-likeness (QED) is 0.781. The minimum Gasteiger partial charge on any atom is -0.336 e. The van der Waals surface area contributed by atoms with Crippen molar-refractivity contribution in [2.24, 2.45) is 5.92 Å². The maximum atomic E-state index is 12.4. The molecule has 0 radical (unpaired) electrons. The molecule has 1 saturated heterocycles. The van der Waals surface area contributed by atoms with Gasteiger partial charge in [0.25, 0.3) is 0 Å². The second-order valence-corrected chi connectivity index (χ2v) is 6.89. The molecular weight excluding hydrogens is 305 g/mol. The largest absolute Gasteiger partial charge is 0.336 e. The Kier molecular flexibility index (Phi) is 3.85. The maximum absolute atomic E-state index is 12.4. The molecule has 2 nitrogen and oxygen atoms in total. The van der Waals surface area contributed by atoms with E-state index in [1.807, 2.05) is 17.0 Å². The van der Waals surface area contributed by atoms with E-state index in [1.54, 1.807) is 6.92 Å². The highest BCUT2D eigenvalue weighted by Gasteiger charge is 2.48. The van der Waals surface area contributed by atoms with Crippen molar-refractivity contribution in [3.05, 3.63) is 48.0 Å². The van der Waals surface area contributed by atoms with E-state index < -0.39 is 4.87 Å². The van der Waals surface area contributed by atoms with Crippen LogP contribution in [0.15, 0.2) is 42.5 Å². The number of alkyl halides is 2. The van der Waals surface area contributed by atoms with Gasteiger partial charge in [0.15, 0.2) is 0 Å². The van der Waals surface area contributed by atoms with Gasteiger partial charge >= 0.3 is 0 Å². The number of amides is 1. The lowest BCUT2D eigenvalue weighted by molar-refractivity contribution is -0.130. The minimum atomic E-state index is -0.876. The normalized spacial score (nSPS) is 25.8. The molecule has 2 atom stereocenters. The molecule has 3 rings (SSSR count). The Morgan fingerprint density at radius 1 is 1.24 bits per heavy atom. The first-order valence-corrected chi connectivity index (χ1v) is 7.95. The molecule has 0 bridgehead atoms. The summed E-state index contributed by atoms with van der Waals surface area (Å²) in [6.45, 7) is 2.97. The number of hydrogen-bond donors (Lipinski definition) is 0. The van der Waals surface area contributed by atoms with Crippen LogP contribution < -0.4 is 0 Å².